The number of oxazole rings is 1. The number of fused-ring (bicyclic) bond motifs is 2. The quantitative estimate of drug-likeness (QED) is 0.675. The second-order valence-electron chi connectivity index (χ2n) is 7.98. The van der Waals surface area contributed by atoms with Gasteiger partial charge >= 0.3 is 0 Å². The first kappa shape index (κ1) is 19.0. The summed E-state index contributed by atoms with van der Waals surface area (Å²) in [6.45, 7) is 1.76. The zero-order valence-corrected chi connectivity index (χ0v) is 16.6. The molecule has 4 heterocycles. The molecule has 0 spiro atoms. The molecule has 8 heteroatoms. The molecule has 4 atom stereocenters. The molecule has 1 aromatic carbocycles. The zero-order chi connectivity index (χ0) is 20.7. The van der Waals surface area contributed by atoms with Crippen molar-refractivity contribution in [3.05, 3.63) is 42.5 Å². The van der Waals surface area contributed by atoms with Gasteiger partial charge in [0.15, 0.2) is 12.1 Å². The third kappa shape index (κ3) is 3.63. The number of hydrogen-bond donors (Lipinski definition) is 2. The van der Waals surface area contributed by atoms with E-state index in [2.05, 4.69) is 20.5 Å². The van der Waals surface area contributed by atoms with Crippen LogP contribution < -0.4 is 10.1 Å². The van der Waals surface area contributed by atoms with E-state index in [0.717, 1.165) is 24.8 Å². The Hall–Kier alpha value is -3.00. The summed E-state index contributed by atoms with van der Waals surface area (Å²) in [6.07, 6.45) is 3.55. The molecule has 0 amide bonds. The topological polar surface area (TPSA) is 93.3 Å². The number of ether oxygens (including phenoxy) is 1. The van der Waals surface area contributed by atoms with Crippen molar-refractivity contribution in [1.82, 2.24) is 20.5 Å². The largest absolute Gasteiger partial charge is 0.507 e. The number of phenols is 1. The predicted molar refractivity (Wildman–Crippen MR) is 108 cm³/mol. The second kappa shape index (κ2) is 7.68. The Morgan fingerprint density at radius 3 is 2.80 bits per heavy atom. The van der Waals surface area contributed by atoms with E-state index < -0.39 is 12.3 Å². The molecule has 2 aliphatic heterocycles. The van der Waals surface area contributed by atoms with Gasteiger partial charge < -0.3 is 19.6 Å². The molecular weight excluding hydrogens is 387 g/mol. The van der Waals surface area contributed by atoms with E-state index in [1.165, 1.54) is 0 Å². The van der Waals surface area contributed by atoms with Crippen LogP contribution in [-0.4, -0.2) is 44.6 Å². The molecule has 0 aliphatic carbocycles. The maximum absolute atomic E-state index is 14.7. The molecule has 7 nitrogen and oxygen atoms in total. The van der Waals surface area contributed by atoms with Crippen LogP contribution in [0.25, 0.3) is 22.5 Å². The van der Waals surface area contributed by atoms with Gasteiger partial charge in [0, 0.05) is 42.6 Å². The lowest BCUT2D eigenvalue weighted by Crippen LogP contribution is -2.59. The van der Waals surface area contributed by atoms with E-state index >= 15 is 0 Å². The number of aryl methyl sites for hydroxylation is 1. The van der Waals surface area contributed by atoms with E-state index in [1.807, 2.05) is 6.07 Å². The van der Waals surface area contributed by atoms with Gasteiger partial charge in [-0.2, -0.15) is 0 Å². The number of aromatic hydroxyl groups is 1. The highest BCUT2D eigenvalue weighted by Crippen LogP contribution is 2.33. The Balaban J connectivity index is 1.31. The van der Waals surface area contributed by atoms with Crippen LogP contribution in [0.2, 0.25) is 0 Å². The van der Waals surface area contributed by atoms with Gasteiger partial charge in [0.05, 0.1) is 5.69 Å². The van der Waals surface area contributed by atoms with Gasteiger partial charge in [-0.1, -0.05) is 12.5 Å². The molecule has 5 rings (SSSR count). The molecule has 2 aliphatic rings. The van der Waals surface area contributed by atoms with Crippen molar-refractivity contribution in [2.45, 2.75) is 57.0 Å². The van der Waals surface area contributed by atoms with Crippen molar-refractivity contribution in [2.24, 2.45) is 0 Å². The number of piperidine rings is 2. The highest BCUT2D eigenvalue weighted by atomic mass is 19.1. The number of rotatable bonds is 4. The van der Waals surface area contributed by atoms with Crippen LogP contribution in [0.3, 0.4) is 0 Å². The normalized spacial score (nSPS) is 25.8. The van der Waals surface area contributed by atoms with Gasteiger partial charge in [-0.05, 0) is 31.0 Å². The van der Waals surface area contributed by atoms with Crippen molar-refractivity contribution in [2.75, 3.05) is 0 Å². The van der Waals surface area contributed by atoms with Gasteiger partial charge in [-0.25, -0.2) is 9.37 Å². The molecule has 0 unspecified atom stereocenters. The summed E-state index contributed by atoms with van der Waals surface area (Å²) >= 11 is 0. The van der Waals surface area contributed by atoms with E-state index in [4.69, 9.17) is 9.15 Å². The highest BCUT2D eigenvalue weighted by molar-refractivity contribution is 5.72. The molecule has 2 saturated heterocycles. The minimum Gasteiger partial charge on any atom is -0.507 e. The Kier molecular flexibility index (Phi) is 4.86. The first-order valence-corrected chi connectivity index (χ1v) is 10.2. The van der Waals surface area contributed by atoms with Crippen molar-refractivity contribution in [3.8, 4) is 34.1 Å². The third-order valence-corrected chi connectivity index (χ3v) is 5.87. The van der Waals surface area contributed by atoms with Crippen LogP contribution >= 0.6 is 0 Å². The summed E-state index contributed by atoms with van der Waals surface area (Å²) in [6, 6.07) is 8.74. The zero-order valence-electron chi connectivity index (χ0n) is 16.6. The highest BCUT2D eigenvalue weighted by Gasteiger charge is 2.41. The van der Waals surface area contributed by atoms with Crippen molar-refractivity contribution in [3.63, 3.8) is 0 Å². The minimum absolute atomic E-state index is 0.0612. The van der Waals surface area contributed by atoms with Gasteiger partial charge in [0.1, 0.15) is 23.8 Å². The van der Waals surface area contributed by atoms with Gasteiger partial charge in [-0.3, -0.25) is 0 Å². The van der Waals surface area contributed by atoms with Crippen LogP contribution in [0.5, 0.6) is 11.6 Å². The number of aromatic nitrogens is 3. The average Bonchev–Trinajstić information content (AvgIpc) is 3.19. The molecule has 0 saturated carbocycles. The standard InChI is InChI=1S/C22H23FN4O3/c1-12-24-18(11-29-12)13-5-6-15(19(28)9-13)16-7-8-21(27-26-16)30-20-10-14-3-2-4-17(25-14)22(20)23/h5-9,11,14,17,20,22,25,28H,2-4,10H2,1H3/t14-,17+,20-,22+/m1/s1. The number of nitrogens with zero attached hydrogens (tertiary/aromatic N) is 3. The fraction of sp³-hybridized carbons (Fsp3) is 0.409. The fourth-order valence-corrected chi connectivity index (χ4v) is 4.36. The number of halogens is 1. The van der Waals surface area contributed by atoms with Crippen LogP contribution in [0.15, 0.2) is 41.0 Å². The maximum Gasteiger partial charge on any atom is 0.233 e. The van der Waals surface area contributed by atoms with Gasteiger partial charge in [-0.15, -0.1) is 10.2 Å². The van der Waals surface area contributed by atoms with Crippen LogP contribution in [0.4, 0.5) is 4.39 Å². The summed E-state index contributed by atoms with van der Waals surface area (Å²) in [5, 5.41) is 22.1. The van der Waals surface area contributed by atoms with Crippen LogP contribution in [0, 0.1) is 6.92 Å². The lowest BCUT2D eigenvalue weighted by molar-refractivity contribution is 0.00652. The SMILES string of the molecule is Cc1nc(-c2ccc(-c3ccc(O[C@@H]4C[C@H]5CCC[C@H](N5)[C@@H]4F)nn3)c(O)c2)co1. The monoisotopic (exact) mass is 410 g/mol. The van der Waals surface area contributed by atoms with Crippen LogP contribution in [0.1, 0.15) is 31.6 Å². The molecular formula is C22H23FN4O3. The third-order valence-electron chi connectivity index (χ3n) is 5.87. The number of nitrogens with one attached hydrogen (secondary N) is 1. The molecule has 2 N–H and O–H groups in total. The summed E-state index contributed by atoms with van der Waals surface area (Å²) < 4.78 is 25.8. The van der Waals surface area contributed by atoms with Gasteiger partial charge in [0.25, 0.3) is 0 Å². The van der Waals surface area contributed by atoms with Gasteiger partial charge in [0.2, 0.25) is 5.88 Å². The van der Waals surface area contributed by atoms with E-state index in [-0.39, 0.29) is 11.8 Å². The summed E-state index contributed by atoms with van der Waals surface area (Å²) in [4.78, 5) is 4.26. The molecule has 0 radical (unpaired) electrons. The lowest BCUT2D eigenvalue weighted by atomic mass is 9.84. The average molecular weight is 410 g/mol. The number of benzene rings is 1. The molecule has 156 valence electrons. The first-order valence-electron chi connectivity index (χ1n) is 10.2. The molecule has 3 aromatic rings. The molecule has 2 bridgehead atoms. The van der Waals surface area contributed by atoms with E-state index in [1.54, 1.807) is 37.5 Å². The smallest absolute Gasteiger partial charge is 0.233 e. The van der Waals surface area contributed by atoms with E-state index in [9.17, 15) is 9.50 Å². The molecule has 2 aromatic heterocycles. The van der Waals surface area contributed by atoms with E-state index in [0.29, 0.717) is 41.2 Å². The predicted octanol–water partition coefficient (Wildman–Crippen LogP) is 3.81. The summed E-state index contributed by atoms with van der Waals surface area (Å²) in [7, 11) is 0. The minimum atomic E-state index is -1.06. The Labute approximate surface area is 173 Å². The lowest BCUT2D eigenvalue weighted by Gasteiger charge is -2.42. The Bertz CT molecular complexity index is 1040. The second-order valence-corrected chi connectivity index (χ2v) is 7.98. The van der Waals surface area contributed by atoms with Crippen molar-refractivity contribution in [1.29, 1.82) is 0 Å². The van der Waals surface area contributed by atoms with Crippen molar-refractivity contribution < 1.29 is 18.7 Å². The van der Waals surface area contributed by atoms with Crippen molar-refractivity contribution >= 4 is 0 Å². The number of hydrogen-bond acceptors (Lipinski definition) is 7. The maximum atomic E-state index is 14.7. The first-order chi connectivity index (χ1) is 14.6. The summed E-state index contributed by atoms with van der Waals surface area (Å²) in [5.41, 5.74) is 2.43. The Morgan fingerprint density at radius 1 is 1.17 bits per heavy atom. The fourth-order valence-electron chi connectivity index (χ4n) is 4.36. The Morgan fingerprint density at radius 2 is 2.07 bits per heavy atom. The summed E-state index contributed by atoms with van der Waals surface area (Å²) in [5.74, 6) is 0.912. The number of phenolic OH excluding ortho intramolecular Hbond substituents is 1. The molecule has 30 heavy (non-hydrogen) atoms. The number of alkyl halides is 1. The van der Waals surface area contributed by atoms with Crippen LogP contribution in [-0.2, 0) is 0 Å². The molecule has 2 fully saturated rings.